The van der Waals surface area contributed by atoms with Crippen molar-refractivity contribution in [3.05, 3.63) is 29.6 Å². The molecule has 5 nitrogen and oxygen atoms in total. The Morgan fingerprint density at radius 3 is 2.85 bits per heavy atom. The fourth-order valence-electron chi connectivity index (χ4n) is 2.93. The molecule has 0 aliphatic carbocycles. The monoisotopic (exact) mass is 276 g/mol. The number of pyridine rings is 1. The van der Waals surface area contributed by atoms with Gasteiger partial charge in [-0.05, 0) is 37.8 Å². The lowest BCUT2D eigenvalue weighted by molar-refractivity contribution is -0.156. The molecule has 1 aromatic heterocycles. The number of carbonyl (C=O) groups is 2. The van der Waals surface area contributed by atoms with Gasteiger partial charge in [-0.2, -0.15) is 0 Å². The van der Waals surface area contributed by atoms with Crippen molar-refractivity contribution in [1.82, 2.24) is 9.88 Å². The Kier molecular flexibility index (Phi) is 4.06. The standard InChI is InChI=1S/C15H20N2O3/c1-3-15(14(19)20)7-5-9-17(15)13(18)10-12-11(2)6-4-8-16-12/h4,6,8H,3,5,7,9-10H2,1-2H3,(H,19,20). The van der Waals surface area contributed by atoms with E-state index in [0.29, 0.717) is 19.4 Å². The van der Waals surface area contributed by atoms with Gasteiger partial charge >= 0.3 is 5.97 Å². The van der Waals surface area contributed by atoms with Crippen LogP contribution in [-0.4, -0.2) is 39.0 Å². The Morgan fingerprint density at radius 2 is 2.25 bits per heavy atom. The molecule has 1 unspecified atom stereocenters. The predicted octanol–water partition coefficient (Wildman–Crippen LogP) is 1.79. The molecule has 5 heteroatoms. The highest BCUT2D eigenvalue weighted by molar-refractivity contribution is 5.88. The van der Waals surface area contributed by atoms with Gasteiger partial charge in [0.15, 0.2) is 0 Å². The smallest absolute Gasteiger partial charge is 0.329 e. The minimum Gasteiger partial charge on any atom is -0.479 e. The number of aryl methyl sites for hydroxylation is 1. The second-order valence-corrected chi connectivity index (χ2v) is 5.28. The summed E-state index contributed by atoms with van der Waals surface area (Å²) in [6.07, 6.45) is 3.54. The van der Waals surface area contributed by atoms with Crippen LogP contribution in [0.15, 0.2) is 18.3 Å². The number of aromatic nitrogens is 1. The molecule has 0 aromatic carbocycles. The number of carboxylic acid groups (broad SMARTS) is 1. The maximum absolute atomic E-state index is 12.5. The summed E-state index contributed by atoms with van der Waals surface area (Å²) in [7, 11) is 0. The molecule has 1 saturated heterocycles. The number of likely N-dealkylation sites (tertiary alicyclic amines) is 1. The van der Waals surface area contributed by atoms with Gasteiger partial charge in [0.2, 0.25) is 5.91 Å². The van der Waals surface area contributed by atoms with E-state index in [1.54, 1.807) is 6.20 Å². The highest BCUT2D eigenvalue weighted by atomic mass is 16.4. The van der Waals surface area contributed by atoms with Crippen molar-refractivity contribution in [2.45, 2.75) is 45.1 Å². The number of aliphatic carboxylic acids is 1. The third kappa shape index (κ3) is 2.40. The first-order chi connectivity index (χ1) is 9.51. The topological polar surface area (TPSA) is 70.5 Å². The summed E-state index contributed by atoms with van der Waals surface area (Å²) < 4.78 is 0. The highest BCUT2D eigenvalue weighted by Crippen LogP contribution is 2.33. The van der Waals surface area contributed by atoms with E-state index in [2.05, 4.69) is 4.98 Å². The minimum absolute atomic E-state index is 0.145. The van der Waals surface area contributed by atoms with Gasteiger partial charge in [0.1, 0.15) is 5.54 Å². The molecule has 1 aliphatic rings. The van der Waals surface area contributed by atoms with Crippen molar-refractivity contribution in [3.63, 3.8) is 0 Å². The number of carbonyl (C=O) groups excluding carboxylic acids is 1. The Labute approximate surface area is 118 Å². The molecular weight excluding hydrogens is 256 g/mol. The van der Waals surface area contributed by atoms with Gasteiger partial charge in [-0.15, -0.1) is 0 Å². The molecule has 2 rings (SSSR count). The van der Waals surface area contributed by atoms with Gasteiger partial charge in [-0.1, -0.05) is 13.0 Å². The maximum Gasteiger partial charge on any atom is 0.329 e. The lowest BCUT2D eigenvalue weighted by Crippen LogP contribution is -2.53. The molecule has 0 saturated carbocycles. The second-order valence-electron chi connectivity index (χ2n) is 5.28. The minimum atomic E-state index is -1.03. The largest absolute Gasteiger partial charge is 0.479 e. The van der Waals surface area contributed by atoms with Crippen molar-refractivity contribution in [2.24, 2.45) is 0 Å². The molecule has 1 aliphatic heterocycles. The van der Waals surface area contributed by atoms with E-state index in [-0.39, 0.29) is 12.3 Å². The molecule has 0 spiro atoms. The molecule has 2 heterocycles. The van der Waals surface area contributed by atoms with Gasteiger partial charge in [-0.3, -0.25) is 9.78 Å². The quantitative estimate of drug-likeness (QED) is 0.910. The molecule has 1 atom stereocenters. The van der Waals surface area contributed by atoms with Crippen LogP contribution in [0.3, 0.4) is 0 Å². The normalized spacial score (nSPS) is 22.0. The van der Waals surface area contributed by atoms with Crippen LogP contribution in [0.4, 0.5) is 0 Å². The second kappa shape index (κ2) is 5.61. The van der Waals surface area contributed by atoms with Gasteiger partial charge in [0.25, 0.3) is 0 Å². The summed E-state index contributed by atoms with van der Waals surface area (Å²) in [5.74, 6) is -1.04. The molecule has 1 fully saturated rings. The van der Waals surface area contributed by atoms with E-state index in [9.17, 15) is 14.7 Å². The first-order valence-electron chi connectivity index (χ1n) is 6.95. The molecule has 20 heavy (non-hydrogen) atoms. The summed E-state index contributed by atoms with van der Waals surface area (Å²) in [6, 6.07) is 3.73. The summed E-state index contributed by atoms with van der Waals surface area (Å²) in [6.45, 7) is 4.25. The van der Waals surface area contributed by atoms with Crippen LogP contribution in [0.25, 0.3) is 0 Å². The highest BCUT2D eigenvalue weighted by Gasteiger charge is 2.48. The third-order valence-electron chi connectivity index (χ3n) is 4.21. The van der Waals surface area contributed by atoms with Crippen LogP contribution in [0.1, 0.15) is 37.4 Å². The van der Waals surface area contributed by atoms with Crippen LogP contribution in [0.2, 0.25) is 0 Å². The van der Waals surface area contributed by atoms with E-state index < -0.39 is 11.5 Å². The zero-order valence-electron chi connectivity index (χ0n) is 11.9. The summed E-state index contributed by atoms with van der Waals surface area (Å²) in [5, 5.41) is 9.49. The SMILES string of the molecule is CCC1(C(=O)O)CCCN1C(=O)Cc1ncccc1C. The van der Waals surface area contributed by atoms with Crippen LogP contribution in [0, 0.1) is 6.92 Å². The average Bonchev–Trinajstić information content (AvgIpc) is 2.86. The Hall–Kier alpha value is -1.91. The fourth-order valence-corrected chi connectivity index (χ4v) is 2.93. The van der Waals surface area contributed by atoms with Gasteiger partial charge in [0, 0.05) is 12.7 Å². The molecule has 0 bridgehead atoms. The number of carboxylic acids is 1. The molecule has 0 radical (unpaired) electrons. The van der Waals surface area contributed by atoms with Crippen molar-refractivity contribution in [1.29, 1.82) is 0 Å². The number of nitrogens with zero attached hydrogens (tertiary/aromatic N) is 2. The molecule has 1 N–H and O–H groups in total. The van der Waals surface area contributed by atoms with Crippen LogP contribution in [-0.2, 0) is 16.0 Å². The van der Waals surface area contributed by atoms with Crippen molar-refractivity contribution < 1.29 is 14.7 Å². The number of amides is 1. The molecule has 1 amide bonds. The molecule has 108 valence electrons. The summed E-state index contributed by atoms with van der Waals surface area (Å²) in [4.78, 5) is 29.8. The maximum atomic E-state index is 12.5. The lowest BCUT2D eigenvalue weighted by Gasteiger charge is -2.34. The predicted molar refractivity (Wildman–Crippen MR) is 74.3 cm³/mol. The number of rotatable bonds is 4. The van der Waals surface area contributed by atoms with Crippen LogP contribution < -0.4 is 0 Å². The van der Waals surface area contributed by atoms with E-state index in [1.165, 1.54) is 4.90 Å². The number of hydrogen-bond acceptors (Lipinski definition) is 3. The Balaban J connectivity index is 2.21. The van der Waals surface area contributed by atoms with Crippen molar-refractivity contribution >= 4 is 11.9 Å². The van der Waals surface area contributed by atoms with E-state index in [4.69, 9.17) is 0 Å². The van der Waals surface area contributed by atoms with E-state index >= 15 is 0 Å². The third-order valence-corrected chi connectivity index (χ3v) is 4.21. The Morgan fingerprint density at radius 1 is 1.50 bits per heavy atom. The first kappa shape index (κ1) is 14.5. The average molecular weight is 276 g/mol. The molecular formula is C15H20N2O3. The van der Waals surface area contributed by atoms with E-state index in [0.717, 1.165) is 17.7 Å². The van der Waals surface area contributed by atoms with Crippen LogP contribution in [0.5, 0.6) is 0 Å². The zero-order valence-corrected chi connectivity index (χ0v) is 11.9. The number of hydrogen-bond donors (Lipinski definition) is 1. The van der Waals surface area contributed by atoms with Gasteiger partial charge in [0.05, 0.1) is 12.1 Å². The summed E-state index contributed by atoms with van der Waals surface area (Å²) >= 11 is 0. The fraction of sp³-hybridized carbons (Fsp3) is 0.533. The van der Waals surface area contributed by atoms with Crippen LogP contribution >= 0.6 is 0 Å². The molecule has 1 aromatic rings. The Bertz CT molecular complexity index is 530. The van der Waals surface area contributed by atoms with E-state index in [1.807, 2.05) is 26.0 Å². The first-order valence-corrected chi connectivity index (χ1v) is 6.95. The zero-order chi connectivity index (χ0) is 14.8. The summed E-state index contributed by atoms with van der Waals surface area (Å²) in [5.41, 5.74) is 0.650. The van der Waals surface area contributed by atoms with Gasteiger partial charge in [-0.25, -0.2) is 4.79 Å². The van der Waals surface area contributed by atoms with Gasteiger partial charge < -0.3 is 10.0 Å². The van der Waals surface area contributed by atoms with Crippen molar-refractivity contribution in [2.75, 3.05) is 6.54 Å². The van der Waals surface area contributed by atoms with Crippen molar-refractivity contribution in [3.8, 4) is 0 Å². The lowest BCUT2D eigenvalue weighted by atomic mass is 9.92.